The van der Waals surface area contributed by atoms with Crippen LogP contribution in [-0.4, -0.2) is 57.7 Å². The van der Waals surface area contributed by atoms with Gasteiger partial charge in [0.25, 0.3) is 0 Å². The topological polar surface area (TPSA) is 52.5 Å². The minimum atomic E-state index is -0.432. The maximum absolute atomic E-state index is 10.7. The fourth-order valence-corrected chi connectivity index (χ4v) is 4.20. The first-order valence-electron chi connectivity index (χ1n) is 8.21. The summed E-state index contributed by atoms with van der Waals surface area (Å²) in [5.74, 6) is 0.953. The first kappa shape index (κ1) is 15.2. The largest absolute Gasteiger partial charge is 0.389 e. The van der Waals surface area contributed by atoms with Gasteiger partial charge in [-0.15, -0.1) is 0 Å². The number of rotatable bonds is 4. The van der Waals surface area contributed by atoms with Gasteiger partial charge in [-0.2, -0.15) is 4.37 Å². The van der Waals surface area contributed by atoms with Crippen LogP contribution in [0, 0.1) is 0 Å². The molecule has 0 amide bonds. The average molecular weight is 310 g/mol. The smallest absolute Gasteiger partial charge is 0.205 e. The molecule has 3 rings (SSSR count). The highest BCUT2D eigenvalue weighted by Crippen LogP contribution is 2.29. The van der Waals surface area contributed by atoms with Gasteiger partial charge < -0.3 is 10.0 Å². The van der Waals surface area contributed by atoms with Crippen LogP contribution in [0.2, 0.25) is 0 Å². The summed E-state index contributed by atoms with van der Waals surface area (Å²) in [5, 5.41) is 11.7. The van der Waals surface area contributed by atoms with Crippen molar-refractivity contribution in [2.75, 3.05) is 37.6 Å². The van der Waals surface area contributed by atoms with Crippen molar-refractivity contribution in [2.45, 2.75) is 51.0 Å². The summed E-state index contributed by atoms with van der Waals surface area (Å²) in [7, 11) is 0. The number of β-amino-alcohol motifs (C(OH)–C–C–N with tert-alkyl or cyclic N) is 1. The Morgan fingerprint density at radius 3 is 2.48 bits per heavy atom. The van der Waals surface area contributed by atoms with Crippen LogP contribution in [0.5, 0.6) is 0 Å². The molecule has 21 heavy (non-hydrogen) atoms. The Morgan fingerprint density at radius 2 is 1.86 bits per heavy atom. The zero-order chi connectivity index (χ0) is 14.7. The molecule has 5 nitrogen and oxygen atoms in total. The van der Waals surface area contributed by atoms with Crippen LogP contribution < -0.4 is 4.90 Å². The lowest BCUT2D eigenvalue weighted by atomic mass is 9.84. The third-order valence-corrected chi connectivity index (χ3v) is 5.53. The van der Waals surface area contributed by atoms with E-state index in [1.165, 1.54) is 30.8 Å². The van der Waals surface area contributed by atoms with Crippen LogP contribution in [0.25, 0.3) is 0 Å². The number of aryl methyl sites for hydroxylation is 1. The van der Waals surface area contributed by atoms with E-state index in [0.717, 1.165) is 62.9 Å². The summed E-state index contributed by atoms with van der Waals surface area (Å²) in [6.07, 6.45) is 6.51. The Labute approximate surface area is 131 Å². The second-order valence-corrected chi connectivity index (χ2v) is 7.13. The second-order valence-electron chi connectivity index (χ2n) is 6.39. The highest BCUT2D eigenvalue weighted by atomic mass is 32.1. The average Bonchev–Trinajstić information content (AvgIpc) is 2.97. The third-order valence-electron chi connectivity index (χ3n) is 4.72. The van der Waals surface area contributed by atoms with E-state index in [2.05, 4.69) is 26.1 Å². The van der Waals surface area contributed by atoms with E-state index in [1.54, 1.807) is 0 Å². The van der Waals surface area contributed by atoms with E-state index in [9.17, 15) is 5.11 Å². The summed E-state index contributed by atoms with van der Waals surface area (Å²) in [5.41, 5.74) is -0.432. The summed E-state index contributed by atoms with van der Waals surface area (Å²) in [6, 6.07) is 0. The molecule has 2 heterocycles. The van der Waals surface area contributed by atoms with Gasteiger partial charge in [-0.05, 0) is 12.8 Å². The van der Waals surface area contributed by atoms with Crippen molar-refractivity contribution in [1.29, 1.82) is 0 Å². The molecule has 2 fully saturated rings. The molecule has 0 bridgehead atoms. The molecule has 0 atom stereocenters. The van der Waals surface area contributed by atoms with Crippen molar-refractivity contribution in [1.82, 2.24) is 14.3 Å². The van der Waals surface area contributed by atoms with Gasteiger partial charge in [-0.1, -0.05) is 26.2 Å². The summed E-state index contributed by atoms with van der Waals surface area (Å²) in [6.45, 7) is 6.96. The Morgan fingerprint density at radius 1 is 1.14 bits per heavy atom. The van der Waals surface area contributed by atoms with Crippen molar-refractivity contribution < 1.29 is 5.11 Å². The van der Waals surface area contributed by atoms with Gasteiger partial charge >= 0.3 is 0 Å². The molecule has 1 saturated heterocycles. The van der Waals surface area contributed by atoms with Gasteiger partial charge in [0.05, 0.1) is 5.60 Å². The van der Waals surface area contributed by atoms with Crippen molar-refractivity contribution >= 4 is 16.7 Å². The minimum Gasteiger partial charge on any atom is -0.389 e. The lowest BCUT2D eigenvalue weighted by Crippen LogP contribution is -2.52. The first-order valence-corrected chi connectivity index (χ1v) is 8.98. The molecule has 0 spiro atoms. The molecule has 0 radical (unpaired) electrons. The molecule has 0 aromatic carbocycles. The Hall–Kier alpha value is -0.720. The van der Waals surface area contributed by atoms with Crippen LogP contribution in [0.1, 0.15) is 44.9 Å². The van der Waals surface area contributed by atoms with Gasteiger partial charge in [0.1, 0.15) is 5.82 Å². The SMILES string of the molecule is CCc1nsc(N2CCN(CC3(O)CCCCC3)CC2)n1. The van der Waals surface area contributed by atoms with Gasteiger partial charge in [-0.25, -0.2) is 4.98 Å². The monoisotopic (exact) mass is 310 g/mol. The maximum Gasteiger partial charge on any atom is 0.205 e. The van der Waals surface area contributed by atoms with Crippen molar-refractivity contribution in [3.05, 3.63) is 5.82 Å². The van der Waals surface area contributed by atoms with E-state index in [1.807, 2.05) is 0 Å². The molecule has 1 aliphatic heterocycles. The zero-order valence-corrected chi connectivity index (χ0v) is 13.7. The number of hydrogen-bond donors (Lipinski definition) is 1. The van der Waals surface area contributed by atoms with Crippen LogP contribution >= 0.6 is 11.5 Å². The van der Waals surface area contributed by atoms with E-state index >= 15 is 0 Å². The van der Waals surface area contributed by atoms with Gasteiger partial charge in [-0.3, -0.25) is 4.90 Å². The number of hydrogen-bond acceptors (Lipinski definition) is 6. The van der Waals surface area contributed by atoms with Crippen molar-refractivity contribution in [2.24, 2.45) is 0 Å². The molecule has 1 aliphatic carbocycles. The third kappa shape index (κ3) is 3.73. The maximum atomic E-state index is 10.7. The van der Waals surface area contributed by atoms with Crippen LogP contribution in [0.3, 0.4) is 0 Å². The number of aromatic nitrogens is 2. The van der Waals surface area contributed by atoms with Crippen molar-refractivity contribution in [3.63, 3.8) is 0 Å². The molecule has 1 N–H and O–H groups in total. The van der Waals surface area contributed by atoms with Gasteiger partial charge in [0.2, 0.25) is 5.13 Å². The fraction of sp³-hybridized carbons (Fsp3) is 0.867. The molecule has 1 aromatic rings. The normalized spacial score (nSPS) is 23.4. The van der Waals surface area contributed by atoms with Crippen LogP contribution in [0.15, 0.2) is 0 Å². The lowest BCUT2D eigenvalue weighted by Gasteiger charge is -2.40. The van der Waals surface area contributed by atoms with Crippen LogP contribution in [0.4, 0.5) is 5.13 Å². The van der Waals surface area contributed by atoms with E-state index in [-0.39, 0.29) is 0 Å². The van der Waals surface area contributed by atoms with Gasteiger partial charge in [0, 0.05) is 50.7 Å². The highest BCUT2D eigenvalue weighted by Gasteiger charge is 2.32. The fourth-order valence-electron chi connectivity index (χ4n) is 3.40. The number of nitrogens with zero attached hydrogens (tertiary/aromatic N) is 4. The summed E-state index contributed by atoms with van der Waals surface area (Å²) < 4.78 is 4.37. The molecule has 1 aromatic heterocycles. The van der Waals surface area contributed by atoms with Gasteiger partial charge in [0.15, 0.2) is 0 Å². The lowest BCUT2D eigenvalue weighted by molar-refractivity contribution is -0.0271. The molecule has 1 saturated carbocycles. The Kier molecular flexibility index (Phi) is 4.76. The summed E-state index contributed by atoms with van der Waals surface area (Å²) >= 11 is 1.51. The van der Waals surface area contributed by atoms with Crippen LogP contribution in [-0.2, 0) is 6.42 Å². The first-order chi connectivity index (χ1) is 10.2. The molecular weight excluding hydrogens is 284 g/mol. The van der Waals surface area contributed by atoms with Crippen molar-refractivity contribution in [3.8, 4) is 0 Å². The number of piperazine rings is 1. The van der Waals surface area contributed by atoms with E-state index in [4.69, 9.17) is 0 Å². The Bertz CT molecular complexity index is 450. The number of aliphatic hydroxyl groups is 1. The predicted octanol–water partition coefficient (Wildman–Crippen LogP) is 1.92. The predicted molar refractivity (Wildman–Crippen MR) is 86.0 cm³/mol. The highest BCUT2D eigenvalue weighted by molar-refractivity contribution is 7.09. The quantitative estimate of drug-likeness (QED) is 0.921. The zero-order valence-electron chi connectivity index (χ0n) is 12.9. The Balaban J connectivity index is 1.50. The molecule has 2 aliphatic rings. The molecule has 118 valence electrons. The van der Waals surface area contributed by atoms with E-state index < -0.39 is 5.60 Å². The minimum absolute atomic E-state index is 0.432. The molecule has 0 unspecified atom stereocenters. The number of anilines is 1. The second kappa shape index (κ2) is 6.58. The van der Waals surface area contributed by atoms with E-state index in [0.29, 0.717) is 0 Å². The molecule has 6 heteroatoms. The molecular formula is C15H26N4OS. The standard InChI is InChI=1S/C15H26N4OS/c1-2-13-16-14(21-17-13)19-10-8-18(9-11-19)12-15(20)6-4-3-5-7-15/h20H,2-12H2,1H3. The summed E-state index contributed by atoms with van der Waals surface area (Å²) in [4.78, 5) is 9.32.